The van der Waals surface area contributed by atoms with Gasteiger partial charge in [-0.15, -0.1) is 0 Å². The average molecular weight is 227 g/mol. The van der Waals surface area contributed by atoms with E-state index in [-0.39, 0.29) is 11.8 Å². The lowest BCUT2D eigenvalue weighted by atomic mass is 10.0. The molecule has 0 radical (unpaired) electrons. The van der Waals surface area contributed by atoms with E-state index in [4.69, 9.17) is 5.73 Å². The van der Waals surface area contributed by atoms with Gasteiger partial charge in [0.1, 0.15) is 0 Å². The van der Waals surface area contributed by atoms with Crippen LogP contribution in [0.2, 0.25) is 0 Å². The molecule has 1 rings (SSSR count). The van der Waals surface area contributed by atoms with Crippen molar-refractivity contribution in [1.29, 1.82) is 0 Å². The molecule has 16 heavy (non-hydrogen) atoms. The molecule has 2 unspecified atom stereocenters. The molecular formula is C12H25N3O. The minimum atomic E-state index is 0.0744. The quantitative estimate of drug-likeness (QED) is 0.762. The minimum Gasteiger partial charge on any atom is -0.340 e. The Kier molecular flexibility index (Phi) is 5.22. The first kappa shape index (κ1) is 13.5. The zero-order valence-electron chi connectivity index (χ0n) is 10.8. The lowest BCUT2D eigenvalue weighted by molar-refractivity contribution is -0.138. The molecule has 0 saturated carbocycles. The van der Waals surface area contributed by atoms with E-state index >= 15 is 0 Å². The van der Waals surface area contributed by atoms with Crippen molar-refractivity contribution in [2.24, 2.45) is 11.7 Å². The SMILES string of the molecule is CCN1CCN(C(=O)C(C)CCN)CC1C. The summed E-state index contributed by atoms with van der Waals surface area (Å²) in [4.78, 5) is 16.5. The van der Waals surface area contributed by atoms with Crippen molar-refractivity contribution >= 4 is 5.91 Å². The standard InChI is InChI=1S/C12H25N3O/c1-4-14-7-8-15(9-11(14)3)12(16)10(2)5-6-13/h10-11H,4-9,13H2,1-3H3. The van der Waals surface area contributed by atoms with E-state index in [1.807, 2.05) is 11.8 Å². The molecule has 1 aliphatic rings. The van der Waals surface area contributed by atoms with Gasteiger partial charge in [-0.25, -0.2) is 0 Å². The Morgan fingerprint density at radius 1 is 1.50 bits per heavy atom. The molecule has 1 aliphatic heterocycles. The van der Waals surface area contributed by atoms with Crippen LogP contribution in [0.4, 0.5) is 0 Å². The van der Waals surface area contributed by atoms with Gasteiger partial charge in [0.25, 0.3) is 0 Å². The van der Waals surface area contributed by atoms with Crippen LogP contribution in [0.25, 0.3) is 0 Å². The van der Waals surface area contributed by atoms with Crippen LogP contribution < -0.4 is 5.73 Å². The molecule has 0 bridgehead atoms. The van der Waals surface area contributed by atoms with Crippen LogP contribution in [0.1, 0.15) is 27.2 Å². The maximum Gasteiger partial charge on any atom is 0.225 e. The molecule has 0 aromatic rings. The van der Waals surface area contributed by atoms with Gasteiger partial charge >= 0.3 is 0 Å². The molecular weight excluding hydrogens is 202 g/mol. The van der Waals surface area contributed by atoms with Gasteiger partial charge in [0.05, 0.1) is 0 Å². The summed E-state index contributed by atoms with van der Waals surface area (Å²) in [6.45, 7) is 10.7. The zero-order chi connectivity index (χ0) is 12.1. The van der Waals surface area contributed by atoms with Crippen LogP contribution in [-0.2, 0) is 4.79 Å². The van der Waals surface area contributed by atoms with E-state index < -0.39 is 0 Å². The van der Waals surface area contributed by atoms with E-state index in [0.29, 0.717) is 12.6 Å². The maximum atomic E-state index is 12.1. The molecule has 4 nitrogen and oxygen atoms in total. The topological polar surface area (TPSA) is 49.6 Å². The predicted octanol–water partition coefficient (Wildman–Crippen LogP) is 0.524. The third kappa shape index (κ3) is 3.19. The number of nitrogens with two attached hydrogens (primary N) is 1. The maximum absolute atomic E-state index is 12.1. The van der Waals surface area contributed by atoms with Crippen LogP contribution >= 0.6 is 0 Å². The van der Waals surface area contributed by atoms with Crippen molar-refractivity contribution in [2.45, 2.75) is 33.2 Å². The van der Waals surface area contributed by atoms with Crippen molar-refractivity contribution < 1.29 is 4.79 Å². The second kappa shape index (κ2) is 6.21. The van der Waals surface area contributed by atoms with E-state index in [1.54, 1.807) is 0 Å². The number of amides is 1. The number of carbonyl (C=O) groups excluding carboxylic acids is 1. The van der Waals surface area contributed by atoms with Crippen LogP contribution in [0.3, 0.4) is 0 Å². The van der Waals surface area contributed by atoms with E-state index in [1.165, 1.54) is 0 Å². The molecule has 4 heteroatoms. The first-order chi connectivity index (χ1) is 7.60. The smallest absolute Gasteiger partial charge is 0.225 e. The average Bonchev–Trinajstić information content (AvgIpc) is 2.28. The normalized spacial score (nSPS) is 24.5. The molecule has 2 N–H and O–H groups in total. The van der Waals surface area contributed by atoms with Crippen LogP contribution in [-0.4, -0.2) is 54.5 Å². The molecule has 2 atom stereocenters. The highest BCUT2D eigenvalue weighted by Gasteiger charge is 2.27. The van der Waals surface area contributed by atoms with Crippen LogP contribution in [0, 0.1) is 5.92 Å². The van der Waals surface area contributed by atoms with E-state index in [0.717, 1.165) is 32.6 Å². The van der Waals surface area contributed by atoms with Gasteiger partial charge in [0.2, 0.25) is 5.91 Å². The number of nitrogens with zero attached hydrogens (tertiary/aromatic N) is 2. The zero-order valence-corrected chi connectivity index (χ0v) is 10.8. The Hall–Kier alpha value is -0.610. The predicted molar refractivity (Wildman–Crippen MR) is 66.1 cm³/mol. The Labute approximate surface area is 98.8 Å². The van der Waals surface area contributed by atoms with Crippen molar-refractivity contribution in [2.75, 3.05) is 32.7 Å². The van der Waals surface area contributed by atoms with Gasteiger partial charge in [-0.1, -0.05) is 13.8 Å². The summed E-state index contributed by atoms with van der Waals surface area (Å²) in [6.07, 6.45) is 0.793. The summed E-state index contributed by atoms with van der Waals surface area (Å²) in [5.74, 6) is 0.346. The Morgan fingerprint density at radius 3 is 2.69 bits per heavy atom. The summed E-state index contributed by atoms with van der Waals surface area (Å²) in [7, 11) is 0. The number of carbonyl (C=O) groups is 1. The van der Waals surface area contributed by atoms with E-state index in [2.05, 4.69) is 18.7 Å². The summed E-state index contributed by atoms with van der Waals surface area (Å²) >= 11 is 0. The van der Waals surface area contributed by atoms with Crippen molar-refractivity contribution in [3.05, 3.63) is 0 Å². The molecule has 1 fully saturated rings. The van der Waals surface area contributed by atoms with E-state index in [9.17, 15) is 4.79 Å². The first-order valence-corrected chi connectivity index (χ1v) is 6.33. The third-order valence-corrected chi connectivity index (χ3v) is 3.50. The second-order valence-corrected chi connectivity index (χ2v) is 4.74. The Balaban J connectivity index is 2.47. The third-order valence-electron chi connectivity index (χ3n) is 3.50. The summed E-state index contributed by atoms with van der Waals surface area (Å²) in [6, 6.07) is 0.479. The van der Waals surface area contributed by atoms with Crippen molar-refractivity contribution in [3.63, 3.8) is 0 Å². The molecule has 1 heterocycles. The summed E-state index contributed by atoms with van der Waals surface area (Å²) < 4.78 is 0. The number of piperazine rings is 1. The Bertz CT molecular complexity index is 232. The Morgan fingerprint density at radius 2 is 2.19 bits per heavy atom. The fraction of sp³-hybridized carbons (Fsp3) is 0.917. The molecule has 0 aromatic heterocycles. The number of hydrogen-bond donors (Lipinski definition) is 1. The van der Waals surface area contributed by atoms with Crippen LogP contribution in [0.15, 0.2) is 0 Å². The van der Waals surface area contributed by atoms with Gasteiger partial charge in [0, 0.05) is 31.6 Å². The summed E-state index contributed by atoms with van der Waals surface area (Å²) in [5.41, 5.74) is 5.49. The van der Waals surface area contributed by atoms with Gasteiger partial charge in [-0.2, -0.15) is 0 Å². The van der Waals surface area contributed by atoms with Gasteiger partial charge in [-0.3, -0.25) is 9.69 Å². The largest absolute Gasteiger partial charge is 0.340 e. The molecule has 94 valence electrons. The molecule has 0 aliphatic carbocycles. The monoisotopic (exact) mass is 227 g/mol. The molecule has 0 aromatic carbocycles. The number of hydrogen-bond acceptors (Lipinski definition) is 3. The lowest BCUT2D eigenvalue weighted by Gasteiger charge is -2.40. The highest BCUT2D eigenvalue weighted by molar-refractivity contribution is 5.78. The first-order valence-electron chi connectivity index (χ1n) is 6.33. The molecule has 1 saturated heterocycles. The molecule has 0 spiro atoms. The molecule has 1 amide bonds. The highest BCUT2D eigenvalue weighted by Crippen LogP contribution is 2.13. The van der Waals surface area contributed by atoms with Gasteiger partial charge < -0.3 is 10.6 Å². The number of likely N-dealkylation sites (N-methyl/N-ethyl adjacent to an activating group) is 1. The minimum absolute atomic E-state index is 0.0744. The number of rotatable bonds is 4. The second-order valence-electron chi connectivity index (χ2n) is 4.74. The van der Waals surface area contributed by atoms with Crippen LogP contribution in [0.5, 0.6) is 0 Å². The lowest BCUT2D eigenvalue weighted by Crippen LogP contribution is -2.54. The summed E-state index contributed by atoms with van der Waals surface area (Å²) in [5, 5.41) is 0. The van der Waals surface area contributed by atoms with Gasteiger partial charge in [-0.05, 0) is 26.4 Å². The highest BCUT2D eigenvalue weighted by atomic mass is 16.2. The fourth-order valence-electron chi connectivity index (χ4n) is 2.35. The van der Waals surface area contributed by atoms with Crippen molar-refractivity contribution in [1.82, 2.24) is 9.80 Å². The van der Waals surface area contributed by atoms with Crippen molar-refractivity contribution in [3.8, 4) is 0 Å². The fourth-order valence-corrected chi connectivity index (χ4v) is 2.35. The van der Waals surface area contributed by atoms with Gasteiger partial charge in [0.15, 0.2) is 0 Å².